The molecule has 25 heavy (non-hydrogen) atoms. The van der Waals surface area contributed by atoms with Crippen LogP contribution in [0.3, 0.4) is 0 Å². The minimum Gasteiger partial charge on any atom is -0.320 e. The smallest absolute Gasteiger partial charge is 0.320 e. The zero-order valence-electron chi connectivity index (χ0n) is 13.1. The molecule has 4 nitrogen and oxygen atoms in total. The van der Waals surface area contributed by atoms with E-state index in [2.05, 4.69) is 5.32 Å². The minimum atomic E-state index is -4.52. The molecule has 0 unspecified atom stereocenters. The number of anilines is 2. The summed E-state index contributed by atoms with van der Waals surface area (Å²) in [5, 5.41) is 2.60. The first-order valence-electron chi connectivity index (χ1n) is 7.74. The SMILES string of the molecule is O=C(Nc1ccccc1N1CCCC1=O)c1cccc(C(F)(F)F)c1. The van der Waals surface area contributed by atoms with Gasteiger partial charge in [-0.05, 0) is 36.8 Å². The molecule has 0 aromatic heterocycles. The molecule has 2 aromatic rings. The molecule has 1 heterocycles. The van der Waals surface area contributed by atoms with Crippen LogP contribution in [0.4, 0.5) is 24.5 Å². The maximum Gasteiger partial charge on any atom is 0.416 e. The number of rotatable bonds is 3. The lowest BCUT2D eigenvalue weighted by atomic mass is 10.1. The summed E-state index contributed by atoms with van der Waals surface area (Å²) < 4.78 is 38.4. The number of amides is 2. The van der Waals surface area contributed by atoms with E-state index in [1.54, 1.807) is 29.2 Å². The molecule has 0 aliphatic carbocycles. The van der Waals surface area contributed by atoms with Crippen LogP contribution in [0.25, 0.3) is 0 Å². The Morgan fingerprint density at radius 3 is 2.52 bits per heavy atom. The van der Waals surface area contributed by atoms with Crippen molar-refractivity contribution in [1.82, 2.24) is 0 Å². The van der Waals surface area contributed by atoms with Crippen molar-refractivity contribution in [2.45, 2.75) is 19.0 Å². The molecule has 0 atom stereocenters. The van der Waals surface area contributed by atoms with Crippen molar-refractivity contribution >= 4 is 23.2 Å². The van der Waals surface area contributed by atoms with E-state index in [4.69, 9.17) is 0 Å². The van der Waals surface area contributed by atoms with Crippen LogP contribution in [0.2, 0.25) is 0 Å². The van der Waals surface area contributed by atoms with Gasteiger partial charge < -0.3 is 10.2 Å². The van der Waals surface area contributed by atoms with Crippen molar-refractivity contribution in [3.63, 3.8) is 0 Å². The van der Waals surface area contributed by atoms with Gasteiger partial charge in [0.05, 0.1) is 16.9 Å². The van der Waals surface area contributed by atoms with E-state index >= 15 is 0 Å². The molecule has 0 saturated carbocycles. The first-order chi connectivity index (χ1) is 11.9. The number of halogens is 3. The van der Waals surface area contributed by atoms with E-state index in [-0.39, 0.29) is 11.5 Å². The summed E-state index contributed by atoms with van der Waals surface area (Å²) in [5.74, 6) is -0.703. The maximum atomic E-state index is 12.8. The highest BCUT2D eigenvalue weighted by Gasteiger charge is 2.31. The second kappa shape index (κ2) is 6.58. The van der Waals surface area contributed by atoms with Gasteiger partial charge in [-0.25, -0.2) is 0 Å². The molecular formula is C18H15F3N2O2. The van der Waals surface area contributed by atoms with Crippen LogP contribution in [0.1, 0.15) is 28.8 Å². The summed E-state index contributed by atoms with van der Waals surface area (Å²) in [7, 11) is 0. The maximum absolute atomic E-state index is 12.8. The molecule has 2 aromatic carbocycles. The van der Waals surface area contributed by atoms with Gasteiger partial charge in [0, 0.05) is 18.5 Å². The van der Waals surface area contributed by atoms with Gasteiger partial charge in [-0.3, -0.25) is 9.59 Å². The number of nitrogens with one attached hydrogen (secondary N) is 1. The third-order valence-electron chi connectivity index (χ3n) is 3.97. The van der Waals surface area contributed by atoms with Gasteiger partial charge in [0.25, 0.3) is 5.91 Å². The van der Waals surface area contributed by atoms with Crippen LogP contribution in [0.5, 0.6) is 0 Å². The molecule has 1 saturated heterocycles. The molecule has 3 rings (SSSR count). The highest BCUT2D eigenvalue weighted by molar-refractivity contribution is 6.08. The summed E-state index contributed by atoms with van der Waals surface area (Å²) in [6.45, 7) is 0.551. The predicted octanol–water partition coefficient (Wildman–Crippen LogP) is 4.08. The van der Waals surface area contributed by atoms with Gasteiger partial charge in [0.2, 0.25) is 5.91 Å². The third kappa shape index (κ3) is 3.65. The molecule has 2 amide bonds. The Morgan fingerprint density at radius 2 is 1.84 bits per heavy atom. The molecule has 1 aliphatic rings. The number of benzene rings is 2. The van der Waals surface area contributed by atoms with Crippen molar-refractivity contribution in [2.75, 3.05) is 16.8 Å². The van der Waals surface area contributed by atoms with Crippen LogP contribution in [0.15, 0.2) is 48.5 Å². The summed E-state index contributed by atoms with van der Waals surface area (Å²) in [5.41, 5.74) is -0.0500. The fourth-order valence-corrected chi connectivity index (χ4v) is 2.75. The number of nitrogens with zero attached hydrogens (tertiary/aromatic N) is 1. The number of carbonyl (C=O) groups is 2. The van der Waals surface area contributed by atoms with Crippen molar-refractivity contribution in [2.24, 2.45) is 0 Å². The summed E-state index contributed by atoms with van der Waals surface area (Å²) in [6.07, 6.45) is -3.35. The number of alkyl halides is 3. The lowest BCUT2D eigenvalue weighted by Gasteiger charge is -2.20. The Labute approximate surface area is 142 Å². The van der Waals surface area contributed by atoms with E-state index in [1.807, 2.05) is 0 Å². The highest BCUT2D eigenvalue weighted by atomic mass is 19.4. The topological polar surface area (TPSA) is 49.4 Å². The van der Waals surface area contributed by atoms with E-state index < -0.39 is 17.6 Å². The van der Waals surface area contributed by atoms with Crippen LogP contribution in [-0.4, -0.2) is 18.4 Å². The Kier molecular flexibility index (Phi) is 4.48. The molecule has 1 N–H and O–H groups in total. The van der Waals surface area contributed by atoms with Crippen molar-refractivity contribution in [3.8, 4) is 0 Å². The Bertz CT molecular complexity index is 818. The van der Waals surface area contributed by atoms with Crippen LogP contribution >= 0.6 is 0 Å². The second-order valence-electron chi connectivity index (χ2n) is 5.70. The van der Waals surface area contributed by atoms with Crippen molar-refractivity contribution in [3.05, 3.63) is 59.7 Å². The standard InChI is InChI=1S/C18H15F3N2O2/c19-18(20,21)13-6-3-5-12(11-13)17(25)22-14-7-1-2-8-15(14)23-10-4-9-16(23)24/h1-3,5-8,11H,4,9-10H2,(H,22,25). The molecular weight excluding hydrogens is 333 g/mol. The third-order valence-corrected chi connectivity index (χ3v) is 3.97. The second-order valence-corrected chi connectivity index (χ2v) is 5.70. The molecule has 0 spiro atoms. The van der Waals surface area contributed by atoms with Gasteiger partial charge in [0.15, 0.2) is 0 Å². The van der Waals surface area contributed by atoms with Gasteiger partial charge in [-0.15, -0.1) is 0 Å². The van der Waals surface area contributed by atoms with Crippen molar-refractivity contribution < 1.29 is 22.8 Å². The van der Waals surface area contributed by atoms with Crippen LogP contribution < -0.4 is 10.2 Å². The first-order valence-corrected chi connectivity index (χ1v) is 7.74. The fraction of sp³-hybridized carbons (Fsp3) is 0.222. The van der Waals surface area contributed by atoms with E-state index in [1.165, 1.54) is 12.1 Å². The van der Waals surface area contributed by atoms with Gasteiger partial charge >= 0.3 is 6.18 Å². The van der Waals surface area contributed by atoms with E-state index in [9.17, 15) is 22.8 Å². The number of hydrogen-bond acceptors (Lipinski definition) is 2. The Balaban J connectivity index is 1.86. The number of hydrogen-bond donors (Lipinski definition) is 1. The van der Waals surface area contributed by atoms with Crippen LogP contribution in [0, 0.1) is 0 Å². The van der Waals surface area contributed by atoms with Gasteiger partial charge in [-0.2, -0.15) is 13.2 Å². The fourth-order valence-electron chi connectivity index (χ4n) is 2.75. The zero-order valence-corrected chi connectivity index (χ0v) is 13.1. The molecule has 130 valence electrons. The summed E-state index contributed by atoms with van der Waals surface area (Å²) in [4.78, 5) is 25.9. The normalized spacial score (nSPS) is 14.7. The Morgan fingerprint density at radius 1 is 1.08 bits per heavy atom. The summed E-state index contributed by atoms with van der Waals surface area (Å²) in [6, 6.07) is 11.0. The average molecular weight is 348 g/mol. The monoisotopic (exact) mass is 348 g/mol. The molecule has 1 fully saturated rings. The number of para-hydroxylation sites is 2. The predicted molar refractivity (Wildman–Crippen MR) is 87.4 cm³/mol. The van der Waals surface area contributed by atoms with Gasteiger partial charge in [-0.1, -0.05) is 18.2 Å². The lowest BCUT2D eigenvalue weighted by Crippen LogP contribution is -2.25. The largest absolute Gasteiger partial charge is 0.416 e. The molecule has 7 heteroatoms. The molecule has 0 bridgehead atoms. The van der Waals surface area contributed by atoms with Gasteiger partial charge in [0.1, 0.15) is 0 Å². The zero-order chi connectivity index (χ0) is 18.0. The van der Waals surface area contributed by atoms with Crippen LogP contribution in [-0.2, 0) is 11.0 Å². The lowest BCUT2D eigenvalue weighted by molar-refractivity contribution is -0.137. The first kappa shape index (κ1) is 17.0. The molecule has 1 aliphatic heterocycles. The quantitative estimate of drug-likeness (QED) is 0.908. The number of carbonyl (C=O) groups excluding carboxylic acids is 2. The van der Waals surface area contributed by atoms with E-state index in [0.717, 1.165) is 18.6 Å². The summed E-state index contributed by atoms with van der Waals surface area (Å²) >= 11 is 0. The average Bonchev–Trinajstić information content (AvgIpc) is 3.00. The van der Waals surface area contributed by atoms with Crippen molar-refractivity contribution in [1.29, 1.82) is 0 Å². The molecule has 0 radical (unpaired) electrons. The van der Waals surface area contributed by atoms with E-state index in [0.29, 0.717) is 24.3 Å². The Hall–Kier alpha value is -2.83. The minimum absolute atomic E-state index is 0.0410. The highest BCUT2D eigenvalue weighted by Crippen LogP contribution is 2.31.